The Hall–Kier alpha value is -2.75. The smallest absolute Gasteiger partial charge is 0.490 e. The number of nitrogens with one attached hydrogen (secondary N) is 1. The van der Waals surface area contributed by atoms with E-state index in [1.165, 1.54) is 23.9 Å². The summed E-state index contributed by atoms with van der Waals surface area (Å²) in [7, 11) is 0. The summed E-state index contributed by atoms with van der Waals surface area (Å²) in [5, 5.41) is 0.609. The fraction of sp³-hybridized carbons (Fsp3) is 0.368. The number of benzene rings is 1. The number of hydrogen-bond acceptors (Lipinski definition) is 7. The van der Waals surface area contributed by atoms with E-state index in [9.17, 15) is 8.78 Å². The number of halogens is 2. The normalized spacial score (nSPS) is 14.4. The summed E-state index contributed by atoms with van der Waals surface area (Å²) < 4.78 is 46.9. The van der Waals surface area contributed by atoms with Crippen LogP contribution in [0.3, 0.4) is 0 Å². The molecule has 3 aromatic rings. The number of thioether (sulfide) groups is 1. The Kier molecular flexibility index (Phi) is 5.12. The third kappa shape index (κ3) is 3.89. The molecule has 0 amide bonds. The fourth-order valence-electron chi connectivity index (χ4n) is 2.96. The van der Waals surface area contributed by atoms with Gasteiger partial charge in [-0.3, -0.25) is 4.98 Å². The molecule has 1 aromatic carbocycles. The van der Waals surface area contributed by atoms with Crippen LogP contribution < -0.4 is 18.9 Å². The SMILES string of the molecule is CCOc1c(C)cnc(CSc2nc3cc4c(cc3[nH]2)OC(F)(F)O4)c1OCC. The van der Waals surface area contributed by atoms with Crippen molar-refractivity contribution < 1.29 is 27.7 Å². The summed E-state index contributed by atoms with van der Waals surface area (Å²) >= 11 is 1.41. The predicted octanol–water partition coefficient (Wildman–Crippen LogP) is 4.68. The number of aryl methyl sites for hydroxylation is 1. The fourth-order valence-corrected chi connectivity index (χ4v) is 3.78. The highest BCUT2D eigenvalue weighted by atomic mass is 32.2. The molecule has 29 heavy (non-hydrogen) atoms. The maximum Gasteiger partial charge on any atom is 0.586 e. The number of alkyl halides is 2. The second-order valence-corrected chi connectivity index (χ2v) is 7.19. The van der Waals surface area contributed by atoms with Gasteiger partial charge >= 0.3 is 6.29 Å². The molecule has 2 aromatic heterocycles. The van der Waals surface area contributed by atoms with Gasteiger partial charge in [0.1, 0.15) is 0 Å². The van der Waals surface area contributed by atoms with E-state index in [0.717, 1.165) is 11.3 Å². The van der Waals surface area contributed by atoms with Crippen molar-refractivity contribution in [1.29, 1.82) is 0 Å². The van der Waals surface area contributed by atoms with E-state index in [2.05, 4.69) is 24.4 Å². The molecule has 1 N–H and O–H groups in total. The average Bonchev–Trinajstić information content (AvgIpc) is 3.19. The standard InChI is InChI=1S/C19H19F2N3O4S/c1-4-25-16-10(3)8-22-13(17(16)26-5-2)9-29-18-23-11-6-14-15(7-12(11)24-18)28-19(20,21)27-14/h6-8H,4-5,9H2,1-3H3,(H,23,24). The zero-order valence-corrected chi connectivity index (χ0v) is 16.9. The molecular weight excluding hydrogens is 404 g/mol. The molecule has 3 heterocycles. The van der Waals surface area contributed by atoms with E-state index in [0.29, 0.717) is 46.7 Å². The highest BCUT2D eigenvalue weighted by Gasteiger charge is 2.43. The van der Waals surface area contributed by atoms with Gasteiger partial charge in [-0.25, -0.2) is 4.98 Å². The van der Waals surface area contributed by atoms with Gasteiger partial charge in [-0.15, -0.1) is 8.78 Å². The lowest BCUT2D eigenvalue weighted by atomic mass is 10.2. The second-order valence-electron chi connectivity index (χ2n) is 6.23. The van der Waals surface area contributed by atoms with Crippen molar-refractivity contribution in [2.45, 2.75) is 38.0 Å². The number of aromatic amines is 1. The van der Waals surface area contributed by atoms with Crippen molar-refractivity contribution in [3.05, 3.63) is 29.6 Å². The summed E-state index contributed by atoms with van der Waals surface area (Å²) in [5.74, 6) is 1.74. The lowest BCUT2D eigenvalue weighted by molar-refractivity contribution is -0.286. The first-order valence-corrected chi connectivity index (χ1v) is 10.0. The van der Waals surface area contributed by atoms with Crippen LogP contribution in [0.1, 0.15) is 25.1 Å². The maximum absolute atomic E-state index is 13.2. The number of rotatable bonds is 7. The number of imidazole rings is 1. The number of nitrogens with zero attached hydrogens (tertiary/aromatic N) is 2. The molecule has 7 nitrogen and oxygen atoms in total. The third-order valence-electron chi connectivity index (χ3n) is 4.15. The molecule has 0 spiro atoms. The van der Waals surface area contributed by atoms with E-state index in [-0.39, 0.29) is 11.5 Å². The number of ether oxygens (including phenoxy) is 4. The molecule has 0 saturated heterocycles. The number of pyridine rings is 1. The molecule has 1 aliphatic rings. The van der Waals surface area contributed by atoms with Crippen LogP contribution in [-0.2, 0) is 5.75 Å². The van der Waals surface area contributed by atoms with Crippen LogP contribution >= 0.6 is 11.8 Å². The topological polar surface area (TPSA) is 78.5 Å². The van der Waals surface area contributed by atoms with Gasteiger partial charge in [0.05, 0.1) is 29.9 Å². The number of fused-ring (bicyclic) bond motifs is 2. The van der Waals surface area contributed by atoms with E-state index in [4.69, 9.17) is 9.47 Å². The zero-order valence-electron chi connectivity index (χ0n) is 16.0. The van der Waals surface area contributed by atoms with Crippen molar-refractivity contribution >= 4 is 22.8 Å². The van der Waals surface area contributed by atoms with E-state index >= 15 is 0 Å². The summed E-state index contributed by atoms with van der Waals surface area (Å²) in [4.78, 5) is 12.0. The van der Waals surface area contributed by atoms with Crippen LogP contribution in [0.2, 0.25) is 0 Å². The average molecular weight is 423 g/mol. The van der Waals surface area contributed by atoms with Gasteiger partial charge in [0.15, 0.2) is 28.2 Å². The molecule has 0 atom stereocenters. The van der Waals surface area contributed by atoms with Gasteiger partial charge in [-0.2, -0.15) is 0 Å². The van der Waals surface area contributed by atoms with Gasteiger partial charge in [0.2, 0.25) is 0 Å². The van der Waals surface area contributed by atoms with E-state index < -0.39 is 6.29 Å². The van der Waals surface area contributed by atoms with Crippen molar-refractivity contribution in [1.82, 2.24) is 15.0 Å². The minimum Gasteiger partial charge on any atom is -0.490 e. The molecule has 0 bridgehead atoms. The lowest BCUT2D eigenvalue weighted by Crippen LogP contribution is -2.25. The van der Waals surface area contributed by atoms with Gasteiger partial charge in [0.25, 0.3) is 0 Å². The molecule has 0 unspecified atom stereocenters. The zero-order chi connectivity index (χ0) is 20.6. The van der Waals surface area contributed by atoms with Crippen LogP contribution in [-0.4, -0.2) is 34.5 Å². The molecule has 1 aliphatic heterocycles. The Balaban J connectivity index is 1.57. The largest absolute Gasteiger partial charge is 0.586 e. The molecule has 0 fully saturated rings. The monoisotopic (exact) mass is 423 g/mol. The highest BCUT2D eigenvalue weighted by Crippen LogP contribution is 2.43. The predicted molar refractivity (Wildman–Crippen MR) is 103 cm³/mol. The lowest BCUT2D eigenvalue weighted by Gasteiger charge is -2.16. The Labute approximate surface area is 169 Å². The molecular formula is C19H19F2N3O4S. The van der Waals surface area contributed by atoms with Crippen molar-refractivity contribution in [2.24, 2.45) is 0 Å². The first kappa shape index (κ1) is 19.6. The summed E-state index contributed by atoms with van der Waals surface area (Å²) in [6.45, 7) is 6.75. The first-order chi connectivity index (χ1) is 13.9. The first-order valence-electron chi connectivity index (χ1n) is 9.06. The Morgan fingerprint density at radius 2 is 1.79 bits per heavy atom. The maximum atomic E-state index is 13.2. The number of H-pyrrole nitrogens is 1. The molecule has 0 radical (unpaired) electrons. The summed E-state index contributed by atoms with van der Waals surface area (Å²) in [6, 6.07) is 2.88. The van der Waals surface area contributed by atoms with Gasteiger partial charge in [0, 0.05) is 29.6 Å². The van der Waals surface area contributed by atoms with Gasteiger partial charge in [-0.05, 0) is 20.8 Å². The van der Waals surface area contributed by atoms with Crippen LogP contribution in [0.25, 0.3) is 11.0 Å². The molecule has 0 saturated carbocycles. The number of aromatic nitrogens is 3. The minimum absolute atomic E-state index is 0.0251. The quantitative estimate of drug-likeness (QED) is 0.553. The van der Waals surface area contributed by atoms with Crippen LogP contribution in [0.4, 0.5) is 8.78 Å². The van der Waals surface area contributed by atoms with Crippen LogP contribution in [0.15, 0.2) is 23.5 Å². The number of hydrogen-bond donors (Lipinski definition) is 1. The third-order valence-corrected chi connectivity index (χ3v) is 5.03. The van der Waals surface area contributed by atoms with Crippen molar-refractivity contribution in [3.8, 4) is 23.0 Å². The van der Waals surface area contributed by atoms with E-state index in [1.807, 2.05) is 20.8 Å². The summed E-state index contributed by atoms with van der Waals surface area (Å²) in [6.07, 6.45) is -1.90. The van der Waals surface area contributed by atoms with Crippen LogP contribution in [0, 0.1) is 6.92 Å². The van der Waals surface area contributed by atoms with Gasteiger partial charge < -0.3 is 23.9 Å². The molecule has 0 aliphatic carbocycles. The Morgan fingerprint density at radius 3 is 2.52 bits per heavy atom. The minimum atomic E-state index is -3.65. The highest BCUT2D eigenvalue weighted by molar-refractivity contribution is 7.98. The summed E-state index contributed by atoms with van der Waals surface area (Å²) in [5.41, 5.74) is 2.72. The van der Waals surface area contributed by atoms with Crippen LogP contribution in [0.5, 0.6) is 23.0 Å². The molecule has 154 valence electrons. The molecule has 10 heteroatoms. The second kappa shape index (κ2) is 7.58. The Morgan fingerprint density at radius 1 is 1.10 bits per heavy atom. The van der Waals surface area contributed by atoms with Crippen molar-refractivity contribution in [2.75, 3.05) is 13.2 Å². The molecule has 4 rings (SSSR count). The van der Waals surface area contributed by atoms with Gasteiger partial charge in [-0.1, -0.05) is 11.8 Å². The van der Waals surface area contributed by atoms with Crippen molar-refractivity contribution in [3.63, 3.8) is 0 Å². The van der Waals surface area contributed by atoms with E-state index in [1.54, 1.807) is 6.20 Å². The Bertz CT molecular complexity index is 1010.